The van der Waals surface area contributed by atoms with Crippen LogP contribution in [0.1, 0.15) is 16.2 Å². The highest BCUT2D eigenvalue weighted by atomic mass is 19.4. The number of anilines is 1. The molecule has 0 spiro atoms. The number of ether oxygens (including phenoxy) is 2. The zero-order valence-electron chi connectivity index (χ0n) is 11.0. The average molecular weight is 313 g/mol. The van der Waals surface area contributed by atoms with E-state index in [1.807, 2.05) is 0 Å². The van der Waals surface area contributed by atoms with Crippen molar-refractivity contribution in [3.05, 3.63) is 35.7 Å². The van der Waals surface area contributed by atoms with Crippen LogP contribution in [0, 0.1) is 0 Å². The zero-order chi connectivity index (χ0) is 15.7. The molecule has 1 aromatic carbocycles. The first-order valence-corrected chi connectivity index (χ1v) is 6.27. The molecule has 0 radical (unpaired) electrons. The van der Waals surface area contributed by atoms with Gasteiger partial charge in [0.15, 0.2) is 17.2 Å². The maximum atomic E-state index is 12.4. The van der Waals surface area contributed by atoms with Crippen LogP contribution in [-0.4, -0.2) is 29.3 Å². The fourth-order valence-corrected chi connectivity index (χ4v) is 1.90. The number of carbonyl (C=O) groups is 1. The lowest BCUT2D eigenvalue weighted by Crippen LogP contribution is -2.16. The van der Waals surface area contributed by atoms with Crippen LogP contribution >= 0.6 is 0 Å². The van der Waals surface area contributed by atoms with E-state index >= 15 is 0 Å². The minimum atomic E-state index is -4.58. The number of halogens is 3. The van der Waals surface area contributed by atoms with Gasteiger partial charge in [-0.1, -0.05) is 0 Å². The first-order chi connectivity index (χ1) is 10.4. The monoisotopic (exact) mass is 313 g/mol. The summed E-state index contributed by atoms with van der Waals surface area (Å²) >= 11 is 0. The maximum Gasteiger partial charge on any atom is 0.432 e. The number of amides is 1. The normalized spacial score (nSPS) is 13.8. The van der Waals surface area contributed by atoms with Crippen LogP contribution in [-0.2, 0) is 6.18 Å². The number of benzene rings is 1. The van der Waals surface area contributed by atoms with Crippen LogP contribution in [0.5, 0.6) is 11.5 Å². The Morgan fingerprint density at radius 2 is 1.91 bits per heavy atom. The number of hydrogen-bond acceptors (Lipinski definition) is 4. The number of alkyl halides is 3. The molecule has 0 fully saturated rings. The van der Waals surface area contributed by atoms with Crippen LogP contribution < -0.4 is 14.8 Å². The summed E-state index contributed by atoms with van der Waals surface area (Å²) in [6, 6.07) is 5.34. The number of H-pyrrole nitrogens is 1. The van der Waals surface area contributed by atoms with Crippen molar-refractivity contribution >= 4 is 11.6 Å². The summed E-state index contributed by atoms with van der Waals surface area (Å²) in [5, 5.41) is 7.58. The Hall–Kier alpha value is -2.71. The second-order valence-corrected chi connectivity index (χ2v) is 4.48. The van der Waals surface area contributed by atoms with Gasteiger partial charge in [-0.05, 0) is 12.1 Å². The largest absolute Gasteiger partial charge is 0.486 e. The fraction of sp³-hybridized carbons (Fsp3) is 0.231. The van der Waals surface area contributed by atoms with Crippen LogP contribution in [0.4, 0.5) is 18.9 Å². The summed E-state index contributed by atoms with van der Waals surface area (Å²) in [4.78, 5) is 11.9. The Morgan fingerprint density at radius 3 is 2.59 bits per heavy atom. The maximum absolute atomic E-state index is 12.4. The van der Waals surface area contributed by atoms with Crippen molar-refractivity contribution in [1.29, 1.82) is 0 Å². The molecule has 0 atom stereocenters. The molecule has 9 heteroatoms. The lowest BCUT2D eigenvalue weighted by atomic mass is 10.2. The van der Waals surface area contributed by atoms with E-state index in [0.717, 1.165) is 0 Å². The van der Waals surface area contributed by atoms with Crippen molar-refractivity contribution in [3.63, 3.8) is 0 Å². The van der Waals surface area contributed by atoms with Gasteiger partial charge in [0.1, 0.15) is 18.9 Å². The Morgan fingerprint density at radius 1 is 1.18 bits per heavy atom. The molecule has 0 aliphatic carbocycles. The SMILES string of the molecule is O=C(Nc1ccc2c(c1)OCCO2)c1cc(C(F)(F)F)[nH]n1. The molecule has 0 saturated carbocycles. The van der Waals surface area contributed by atoms with E-state index in [4.69, 9.17) is 9.47 Å². The molecule has 0 saturated heterocycles. The van der Waals surface area contributed by atoms with Crippen LogP contribution in [0.25, 0.3) is 0 Å². The molecule has 2 N–H and O–H groups in total. The Bertz CT molecular complexity index is 712. The molecule has 3 rings (SSSR count). The van der Waals surface area contributed by atoms with Gasteiger partial charge >= 0.3 is 6.18 Å². The highest BCUT2D eigenvalue weighted by Gasteiger charge is 2.33. The Labute approximate surface area is 122 Å². The minimum Gasteiger partial charge on any atom is -0.486 e. The molecule has 2 heterocycles. The minimum absolute atomic E-state index is 0.359. The molecule has 6 nitrogen and oxygen atoms in total. The summed E-state index contributed by atoms with van der Waals surface area (Å²) in [6.07, 6.45) is -4.58. The van der Waals surface area contributed by atoms with Gasteiger partial charge in [-0.2, -0.15) is 18.3 Å². The lowest BCUT2D eigenvalue weighted by molar-refractivity contribution is -0.141. The molecule has 2 aromatic rings. The van der Waals surface area contributed by atoms with E-state index < -0.39 is 17.8 Å². The molecular weight excluding hydrogens is 303 g/mol. The zero-order valence-corrected chi connectivity index (χ0v) is 11.0. The van der Waals surface area contributed by atoms with Crippen molar-refractivity contribution < 1.29 is 27.4 Å². The quantitative estimate of drug-likeness (QED) is 0.893. The topological polar surface area (TPSA) is 76.2 Å². The number of fused-ring (bicyclic) bond motifs is 1. The van der Waals surface area contributed by atoms with E-state index in [1.165, 1.54) is 6.07 Å². The molecule has 22 heavy (non-hydrogen) atoms. The van der Waals surface area contributed by atoms with E-state index in [9.17, 15) is 18.0 Å². The van der Waals surface area contributed by atoms with E-state index in [0.29, 0.717) is 36.5 Å². The summed E-state index contributed by atoms with van der Waals surface area (Å²) in [5.74, 6) is 0.244. The first-order valence-electron chi connectivity index (χ1n) is 6.27. The van der Waals surface area contributed by atoms with Crippen molar-refractivity contribution in [1.82, 2.24) is 10.2 Å². The van der Waals surface area contributed by atoms with Gasteiger partial charge in [0.25, 0.3) is 5.91 Å². The first kappa shape index (κ1) is 14.2. The number of carbonyl (C=O) groups excluding carboxylic acids is 1. The van der Waals surface area contributed by atoms with Gasteiger partial charge in [-0.25, -0.2) is 0 Å². The Balaban J connectivity index is 1.75. The smallest absolute Gasteiger partial charge is 0.432 e. The van der Waals surface area contributed by atoms with Crippen molar-refractivity contribution in [2.45, 2.75) is 6.18 Å². The second-order valence-electron chi connectivity index (χ2n) is 4.48. The number of hydrogen-bond donors (Lipinski definition) is 2. The molecule has 1 amide bonds. The highest BCUT2D eigenvalue weighted by molar-refractivity contribution is 6.03. The lowest BCUT2D eigenvalue weighted by Gasteiger charge is -2.18. The summed E-state index contributed by atoms with van der Waals surface area (Å²) in [7, 11) is 0. The van der Waals surface area contributed by atoms with Crippen LogP contribution in [0.2, 0.25) is 0 Å². The number of rotatable bonds is 2. The van der Waals surface area contributed by atoms with Gasteiger partial charge in [-0.3, -0.25) is 9.89 Å². The fourth-order valence-electron chi connectivity index (χ4n) is 1.90. The van der Waals surface area contributed by atoms with Crippen molar-refractivity contribution in [2.24, 2.45) is 0 Å². The van der Waals surface area contributed by atoms with Crippen LogP contribution in [0.15, 0.2) is 24.3 Å². The predicted molar refractivity (Wildman–Crippen MR) is 69.0 cm³/mol. The predicted octanol–water partition coefficient (Wildman–Crippen LogP) is 2.45. The molecular formula is C13H10F3N3O3. The third kappa shape index (κ3) is 2.83. The van der Waals surface area contributed by atoms with Crippen LogP contribution in [0.3, 0.4) is 0 Å². The molecule has 0 unspecified atom stereocenters. The summed E-state index contributed by atoms with van der Waals surface area (Å²) in [6.45, 7) is 0.824. The number of nitrogens with zero attached hydrogens (tertiary/aromatic N) is 1. The summed E-state index contributed by atoms with van der Waals surface area (Å²) < 4.78 is 48.0. The van der Waals surface area contributed by atoms with Gasteiger partial charge in [0, 0.05) is 17.8 Å². The number of nitrogens with one attached hydrogen (secondary N) is 2. The molecule has 1 aliphatic heterocycles. The van der Waals surface area contributed by atoms with Gasteiger partial charge in [-0.15, -0.1) is 0 Å². The van der Waals surface area contributed by atoms with Crippen molar-refractivity contribution in [2.75, 3.05) is 18.5 Å². The highest BCUT2D eigenvalue weighted by Crippen LogP contribution is 2.33. The molecule has 1 aromatic heterocycles. The molecule has 0 bridgehead atoms. The standard InChI is InChI=1S/C13H10F3N3O3/c14-13(15,16)11-6-8(18-19-11)12(20)17-7-1-2-9-10(5-7)22-4-3-21-9/h1-2,5-6H,3-4H2,(H,17,20)(H,18,19). The van der Waals surface area contributed by atoms with Gasteiger partial charge in [0.05, 0.1) is 0 Å². The van der Waals surface area contributed by atoms with Gasteiger partial charge in [0.2, 0.25) is 0 Å². The summed E-state index contributed by atoms with van der Waals surface area (Å²) in [5.41, 5.74) is -1.08. The van der Waals surface area contributed by atoms with E-state index in [2.05, 4.69) is 10.4 Å². The van der Waals surface area contributed by atoms with E-state index in [1.54, 1.807) is 17.2 Å². The number of aromatic nitrogens is 2. The van der Waals surface area contributed by atoms with Gasteiger partial charge < -0.3 is 14.8 Å². The molecule has 116 valence electrons. The average Bonchev–Trinajstić information content (AvgIpc) is 2.97. The van der Waals surface area contributed by atoms with E-state index in [-0.39, 0.29) is 5.69 Å². The van der Waals surface area contributed by atoms with Crippen molar-refractivity contribution in [3.8, 4) is 11.5 Å². The second kappa shape index (κ2) is 5.24. The Kier molecular flexibility index (Phi) is 3.39. The third-order valence-corrected chi connectivity index (χ3v) is 2.92. The molecule has 1 aliphatic rings. The number of aromatic amines is 1. The third-order valence-electron chi connectivity index (χ3n) is 2.92.